The third-order valence-electron chi connectivity index (χ3n) is 3.61. The van der Waals surface area contributed by atoms with E-state index in [9.17, 15) is 9.18 Å². The summed E-state index contributed by atoms with van der Waals surface area (Å²) in [4.78, 5) is 12.3. The molecule has 0 bridgehead atoms. The van der Waals surface area contributed by atoms with Gasteiger partial charge in [-0.1, -0.05) is 38.1 Å². The maximum absolute atomic E-state index is 13.9. The van der Waals surface area contributed by atoms with Crippen LogP contribution in [0.3, 0.4) is 0 Å². The molecule has 1 N–H and O–H groups in total. The van der Waals surface area contributed by atoms with Crippen molar-refractivity contribution in [1.82, 2.24) is 0 Å². The van der Waals surface area contributed by atoms with E-state index in [4.69, 9.17) is 0 Å². The van der Waals surface area contributed by atoms with E-state index in [1.54, 1.807) is 13.0 Å². The Kier molecular flexibility index (Phi) is 4.73. The SMILES string of the molecule is CCc1cccc(CC)c1NC(=O)c1ccc(C)cc1F. The summed E-state index contributed by atoms with van der Waals surface area (Å²) in [6.45, 7) is 5.88. The summed E-state index contributed by atoms with van der Waals surface area (Å²) in [6.07, 6.45) is 1.64. The molecular formula is C18H20FNO. The minimum Gasteiger partial charge on any atom is -0.321 e. The normalized spacial score (nSPS) is 10.5. The fourth-order valence-electron chi connectivity index (χ4n) is 2.39. The second kappa shape index (κ2) is 6.53. The number of halogens is 1. The summed E-state index contributed by atoms with van der Waals surface area (Å²) in [5.41, 5.74) is 3.82. The molecule has 0 aliphatic rings. The number of rotatable bonds is 4. The van der Waals surface area contributed by atoms with Crippen molar-refractivity contribution in [3.63, 3.8) is 0 Å². The van der Waals surface area contributed by atoms with Crippen molar-refractivity contribution in [1.29, 1.82) is 0 Å². The van der Waals surface area contributed by atoms with Crippen molar-refractivity contribution >= 4 is 11.6 Å². The van der Waals surface area contributed by atoms with Crippen LogP contribution in [0.5, 0.6) is 0 Å². The summed E-state index contributed by atoms with van der Waals surface area (Å²) < 4.78 is 13.9. The monoisotopic (exact) mass is 285 g/mol. The summed E-state index contributed by atoms with van der Waals surface area (Å²) >= 11 is 0. The van der Waals surface area contributed by atoms with E-state index < -0.39 is 11.7 Å². The van der Waals surface area contributed by atoms with Gasteiger partial charge < -0.3 is 5.32 Å². The zero-order valence-corrected chi connectivity index (χ0v) is 12.7. The Hall–Kier alpha value is -2.16. The number of amides is 1. The highest BCUT2D eigenvalue weighted by Gasteiger charge is 2.15. The van der Waals surface area contributed by atoms with Gasteiger partial charge >= 0.3 is 0 Å². The second-order valence-corrected chi connectivity index (χ2v) is 5.10. The minimum atomic E-state index is -0.487. The van der Waals surface area contributed by atoms with Crippen LogP contribution in [0, 0.1) is 12.7 Å². The first-order valence-corrected chi connectivity index (χ1v) is 7.25. The van der Waals surface area contributed by atoms with Crippen LogP contribution in [0.15, 0.2) is 36.4 Å². The van der Waals surface area contributed by atoms with E-state index in [0.29, 0.717) is 0 Å². The highest BCUT2D eigenvalue weighted by molar-refractivity contribution is 6.05. The molecule has 0 aliphatic heterocycles. The Morgan fingerprint density at radius 3 is 2.24 bits per heavy atom. The molecule has 0 fully saturated rings. The smallest absolute Gasteiger partial charge is 0.258 e. The molecule has 0 spiro atoms. The van der Waals surface area contributed by atoms with Crippen molar-refractivity contribution in [2.24, 2.45) is 0 Å². The number of aryl methyl sites for hydroxylation is 3. The molecule has 0 saturated carbocycles. The molecule has 0 saturated heterocycles. The summed E-state index contributed by atoms with van der Waals surface area (Å²) in [6, 6.07) is 10.6. The number of carbonyl (C=O) groups excluding carboxylic acids is 1. The van der Waals surface area contributed by atoms with Crippen molar-refractivity contribution in [2.75, 3.05) is 5.32 Å². The molecule has 110 valence electrons. The second-order valence-electron chi connectivity index (χ2n) is 5.10. The lowest BCUT2D eigenvalue weighted by molar-refractivity contribution is 0.102. The number of anilines is 1. The zero-order chi connectivity index (χ0) is 15.4. The molecule has 0 heterocycles. The predicted molar refractivity (Wildman–Crippen MR) is 84.3 cm³/mol. The van der Waals surface area contributed by atoms with Gasteiger partial charge in [-0.2, -0.15) is 0 Å². The minimum absolute atomic E-state index is 0.0774. The zero-order valence-electron chi connectivity index (χ0n) is 12.7. The van der Waals surface area contributed by atoms with Crippen molar-refractivity contribution in [2.45, 2.75) is 33.6 Å². The molecule has 2 aromatic rings. The highest BCUT2D eigenvalue weighted by atomic mass is 19.1. The van der Waals surface area contributed by atoms with Crippen LogP contribution in [-0.4, -0.2) is 5.91 Å². The number of benzene rings is 2. The molecule has 0 aliphatic carbocycles. The fraction of sp³-hybridized carbons (Fsp3) is 0.278. The third-order valence-corrected chi connectivity index (χ3v) is 3.61. The maximum Gasteiger partial charge on any atom is 0.258 e. The van der Waals surface area contributed by atoms with Crippen LogP contribution in [0.1, 0.15) is 40.9 Å². The fourth-order valence-corrected chi connectivity index (χ4v) is 2.39. The lowest BCUT2D eigenvalue weighted by atomic mass is 10.0. The maximum atomic E-state index is 13.9. The van der Waals surface area contributed by atoms with E-state index >= 15 is 0 Å². The largest absolute Gasteiger partial charge is 0.321 e. The van der Waals surface area contributed by atoms with Gasteiger partial charge in [-0.15, -0.1) is 0 Å². The molecule has 3 heteroatoms. The molecule has 0 unspecified atom stereocenters. The van der Waals surface area contributed by atoms with Crippen LogP contribution in [0.2, 0.25) is 0 Å². The van der Waals surface area contributed by atoms with Gasteiger partial charge in [-0.25, -0.2) is 4.39 Å². The molecular weight excluding hydrogens is 265 g/mol. The van der Waals surface area contributed by atoms with Gasteiger partial charge in [0.1, 0.15) is 5.82 Å². The van der Waals surface area contributed by atoms with Gasteiger partial charge in [-0.3, -0.25) is 4.79 Å². The molecule has 2 aromatic carbocycles. The summed E-state index contributed by atoms with van der Waals surface area (Å²) in [5, 5.41) is 2.88. The number of hydrogen-bond donors (Lipinski definition) is 1. The van der Waals surface area contributed by atoms with Crippen LogP contribution >= 0.6 is 0 Å². The lowest BCUT2D eigenvalue weighted by Crippen LogP contribution is -2.16. The average molecular weight is 285 g/mol. The molecule has 2 rings (SSSR count). The standard InChI is InChI=1S/C18H20FNO/c1-4-13-7-6-8-14(5-2)17(13)20-18(21)15-10-9-12(3)11-16(15)19/h6-11H,4-5H2,1-3H3,(H,20,21). The van der Waals surface area contributed by atoms with Gasteiger partial charge in [0.05, 0.1) is 5.56 Å². The molecule has 0 radical (unpaired) electrons. The quantitative estimate of drug-likeness (QED) is 0.879. The Morgan fingerprint density at radius 2 is 1.71 bits per heavy atom. The lowest BCUT2D eigenvalue weighted by Gasteiger charge is -2.14. The van der Waals surface area contributed by atoms with E-state index in [1.807, 2.05) is 32.0 Å². The van der Waals surface area contributed by atoms with Gasteiger partial charge in [-0.05, 0) is 48.6 Å². The van der Waals surface area contributed by atoms with E-state index in [-0.39, 0.29) is 5.56 Å². The number of hydrogen-bond acceptors (Lipinski definition) is 1. The van der Waals surface area contributed by atoms with Crippen LogP contribution in [-0.2, 0) is 12.8 Å². The van der Waals surface area contributed by atoms with Crippen molar-refractivity contribution < 1.29 is 9.18 Å². The Bertz CT molecular complexity index is 642. The van der Waals surface area contributed by atoms with Gasteiger partial charge in [0.15, 0.2) is 0 Å². The molecule has 1 amide bonds. The average Bonchev–Trinajstić information content (AvgIpc) is 2.47. The van der Waals surface area contributed by atoms with Crippen molar-refractivity contribution in [3.05, 3.63) is 64.5 Å². The number of para-hydroxylation sites is 1. The Morgan fingerprint density at radius 1 is 1.10 bits per heavy atom. The molecule has 2 nitrogen and oxygen atoms in total. The highest BCUT2D eigenvalue weighted by Crippen LogP contribution is 2.23. The summed E-state index contributed by atoms with van der Waals surface area (Å²) in [5.74, 6) is -0.886. The Labute approximate surface area is 125 Å². The van der Waals surface area contributed by atoms with Crippen LogP contribution in [0.4, 0.5) is 10.1 Å². The molecule has 0 aromatic heterocycles. The van der Waals surface area contributed by atoms with E-state index in [2.05, 4.69) is 5.32 Å². The van der Waals surface area contributed by atoms with E-state index in [1.165, 1.54) is 12.1 Å². The topological polar surface area (TPSA) is 29.1 Å². The molecule has 21 heavy (non-hydrogen) atoms. The first-order valence-electron chi connectivity index (χ1n) is 7.25. The van der Waals surface area contributed by atoms with Crippen LogP contribution < -0.4 is 5.32 Å². The number of carbonyl (C=O) groups is 1. The first-order chi connectivity index (χ1) is 10.1. The van der Waals surface area contributed by atoms with Gasteiger partial charge in [0.25, 0.3) is 5.91 Å². The summed E-state index contributed by atoms with van der Waals surface area (Å²) in [7, 11) is 0. The Balaban J connectivity index is 2.35. The van der Waals surface area contributed by atoms with Gasteiger partial charge in [0.2, 0.25) is 0 Å². The number of nitrogens with one attached hydrogen (secondary N) is 1. The molecule has 0 atom stereocenters. The first kappa shape index (κ1) is 15.2. The van der Waals surface area contributed by atoms with E-state index in [0.717, 1.165) is 35.2 Å². The third kappa shape index (κ3) is 3.30. The predicted octanol–water partition coefficient (Wildman–Crippen LogP) is 4.51. The van der Waals surface area contributed by atoms with Crippen molar-refractivity contribution in [3.8, 4) is 0 Å². The van der Waals surface area contributed by atoms with Crippen LogP contribution in [0.25, 0.3) is 0 Å². The van der Waals surface area contributed by atoms with Gasteiger partial charge in [0, 0.05) is 5.69 Å².